The molecule has 0 aliphatic carbocycles. The highest BCUT2D eigenvalue weighted by Crippen LogP contribution is 2.30. The first-order valence-electron chi connectivity index (χ1n) is 8.07. The van der Waals surface area contributed by atoms with Crippen LogP contribution >= 0.6 is 0 Å². The van der Waals surface area contributed by atoms with Gasteiger partial charge in [-0.3, -0.25) is 0 Å². The van der Waals surface area contributed by atoms with Gasteiger partial charge in [0.1, 0.15) is 0 Å². The molecule has 1 unspecified atom stereocenters. The first-order chi connectivity index (χ1) is 9.70. The van der Waals surface area contributed by atoms with Crippen LogP contribution in [0.2, 0.25) is 0 Å². The fourth-order valence-electron chi connectivity index (χ4n) is 2.58. The van der Waals surface area contributed by atoms with Gasteiger partial charge in [-0.1, -0.05) is 57.6 Å². The zero-order valence-corrected chi connectivity index (χ0v) is 14.1. The molecule has 0 fully saturated rings. The van der Waals surface area contributed by atoms with Crippen molar-refractivity contribution >= 4 is 0 Å². The standard InChI is InChI=1S/C17H34O3/c1-6-9-10-11-12-13-15-16(14-7-2)17(18-4,19-5)20-8-3/h7,14,16H,6,8-13,15H2,1-5H3. The number of unbranched alkanes of at least 4 members (excludes halogenated alkanes) is 5. The molecular formula is C17H34O3. The Bertz CT molecular complexity index is 234. The Kier molecular flexibility index (Phi) is 12.1. The minimum Gasteiger partial charge on any atom is -0.330 e. The number of methoxy groups -OCH3 is 2. The van der Waals surface area contributed by atoms with Gasteiger partial charge in [0.15, 0.2) is 0 Å². The monoisotopic (exact) mass is 286 g/mol. The van der Waals surface area contributed by atoms with Gasteiger partial charge >= 0.3 is 0 Å². The van der Waals surface area contributed by atoms with Gasteiger partial charge in [-0.15, -0.1) is 0 Å². The van der Waals surface area contributed by atoms with E-state index in [0.29, 0.717) is 6.61 Å². The van der Waals surface area contributed by atoms with E-state index >= 15 is 0 Å². The van der Waals surface area contributed by atoms with Gasteiger partial charge in [0, 0.05) is 20.8 Å². The van der Waals surface area contributed by atoms with Crippen LogP contribution in [0.15, 0.2) is 12.2 Å². The molecule has 0 saturated carbocycles. The summed E-state index contributed by atoms with van der Waals surface area (Å²) in [5.74, 6) is -0.807. The normalized spacial score (nSPS) is 14.1. The molecule has 0 radical (unpaired) electrons. The molecule has 20 heavy (non-hydrogen) atoms. The Morgan fingerprint density at radius 1 is 0.950 bits per heavy atom. The second-order valence-corrected chi connectivity index (χ2v) is 5.13. The molecule has 0 bridgehead atoms. The van der Waals surface area contributed by atoms with E-state index in [4.69, 9.17) is 14.2 Å². The molecule has 120 valence electrons. The molecule has 0 N–H and O–H groups in total. The Hall–Kier alpha value is -0.380. The highest BCUT2D eigenvalue weighted by molar-refractivity contribution is 4.91. The van der Waals surface area contributed by atoms with E-state index in [1.165, 1.54) is 38.5 Å². The number of ether oxygens (including phenoxy) is 3. The van der Waals surface area contributed by atoms with Gasteiger partial charge in [-0.2, -0.15) is 0 Å². The molecule has 3 heteroatoms. The van der Waals surface area contributed by atoms with Crippen molar-refractivity contribution in [3.63, 3.8) is 0 Å². The van der Waals surface area contributed by atoms with Crippen LogP contribution in [0.5, 0.6) is 0 Å². The van der Waals surface area contributed by atoms with E-state index in [0.717, 1.165) is 6.42 Å². The molecule has 0 aliphatic rings. The van der Waals surface area contributed by atoms with E-state index in [1.54, 1.807) is 14.2 Å². The summed E-state index contributed by atoms with van der Waals surface area (Å²) in [6, 6.07) is 0. The lowest BCUT2D eigenvalue weighted by molar-refractivity contribution is -0.380. The molecule has 0 aromatic heterocycles. The highest BCUT2D eigenvalue weighted by Gasteiger charge is 2.38. The van der Waals surface area contributed by atoms with Crippen molar-refractivity contribution in [1.82, 2.24) is 0 Å². The lowest BCUT2D eigenvalue weighted by Gasteiger charge is -2.36. The molecule has 3 nitrogen and oxygen atoms in total. The van der Waals surface area contributed by atoms with Crippen LogP contribution < -0.4 is 0 Å². The predicted molar refractivity (Wildman–Crippen MR) is 84.7 cm³/mol. The number of hydrogen-bond acceptors (Lipinski definition) is 3. The molecule has 0 aromatic carbocycles. The minimum atomic E-state index is -0.940. The smallest absolute Gasteiger partial charge is 0.289 e. The van der Waals surface area contributed by atoms with E-state index < -0.39 is 5.97 Å². The molecule has 1 atom stereocenters. The lowest BCUT2D eigenvalue weighted by atomic mass is 9.97. The molecule has 0 saturated heterocycles. The van der Waals surface area contributed by atoms with Gasteiger partial charge in [-0.05, 0) is 20.3 Å². The summed E-state index contributed by atoms with van der Waals surface area (Å²) in [5, 5.41) is 0. The maximum absolute atomic E-state index is 5.74. The molecular weight excluding hydrogens is 252 g/mol. The Labute approximate surface area is 125 Å². The summed E-state index contributed by atoms with van der Waals surface area (Å²) in [7, 11) is 3.30. The van der Waals surface area contributed by atoms with Crippen molar-refractivity contribution in [3.05, 3.63) is 12.2 Å². The largest absolute Gasteiger partial charge is 0.330 e. The predicted octanol–water partition coefficient (Wildman–Crippen LogP) is 4.91. The third-order valence-corrected chi connectivity index (χ3v) is 3.66. The zero-order chi connectivity index (χ0) is 15.3. The maximum Gasteiger partial charge on any atom is 0.289 e. The van der Waals surface area contributed by atoms with E-state index in [-0.39, 0.29) is 5.92 Å². The molecule has 0 aliphatic heterocycles. The molecule has 0 aromatic rings. The average molecular weight is 286 g/mol. The number of hydrogen-bond donors (Lipinski definition) is 0. The molecule has 0 heterocycles. The van der Waals surface area contributed by atoms with Gasteiger partial charge in [0.25, 0.3) is 5.97 Å². The first-order valence-corrected chi connectivity index (χ1v) is 8.07. The van der Waals surface area contributed by atoms with Crippen molar-refractivity contribution in [2.45, 2.75) is 71.7 Å². The number of rotatable bonds is 13. The second-order valence-electron chi connectivity index (χ2n) is 5.13. The Balaban J connectivity index is 4.38. The Morgan fingerprint density at radius 2 is 1.55 bits per heavy atom. The average Bonchev–Trinajstić information content (AvgIpc) is 2.47. The van der Waals surface area contributed by atoms with Crippen LogP contribution in [0.25, 0.3) is 0 Å². The molecule has 0 rings (SSSR count). The third-order valence-electron chi connectivity index (χ3n) is 3.66. The summed E-state index contributed by atoms with van der Waals surface area (Å²) < 4.78 is 16.8. The fourth-order valence-corrected chi connectivity index (χ4v) is 2.58. The lowest BCUT2D eigenvalue weighted by Crippen LogP contribution is -2.44. The minimum absolute atomic E-state index is 0.133. The Morgan fingerprint density at radius 3 is 2.05 bits per heavy atom. The molecule has 0 amide bonds. The van der Waals surface area contributed by atoms with Crippen LogP contribution in [0, 0.1) is 5.92 Å². The van der Waals surface area contributed by atoms with Crippen LogP contribution in [0.4, 0.5) is 0 Å². The van der Waals surface area contributed by atoms with Gasteiger partial charge in [0.2, 0.25) is 0 Å². The van der Waals surface area contributed by atoms with Crippen molar-refractivity contribution in [3.8, 4) is 0 Å². The second kappa shape index (κ2) is 12.4. The van der Waals surface area contributed by atoms with Crippen molar-refractivity contribution < 1.29 is 14.2 Å². The first kappa shape index (κ1) is 19.6. The van der Waals surface area contributed by atoms with Crippen molar-refractivity contribution in [2.24, 2.45) is 5.92 Å². The van der Waals surface area contributed by atoms with E-state index in [2.05, 4.69) is 13.0 Å². The molecule has 0 spiro atoms. The van der Waals surface area contributed by atoms with Crippen LogP contribution in [-0.4, -0.2) is 26.8 Å². The van der Waals surface area contributed by atoms with Crippen LogP contribution in [0.1, 0.15) is 65.7 Å². The number of allylic oxidation sites excluding steroid dienone is 1. The highest BCUT2D eigenvalue weighted by atomic mass is 16.9. The van der Waals surface area contributed by atoms with E-state index in [9.17, 15) is 0 Å². The summed E-state index contributed by atoms with van der Waals surface area (Å²) in [6.45, 7) is 6.81. The van der Waals surface area contributed by atoms with Crippen molar-refractivity contribution in [2.75, 3.05) is 20.8 Å². The zero-order valence-electron chi connectivity index (χ0n) is 14.1. The van der Waals surface area contributed by atoms with Gasteiger partial charge in [-0.25, -0.2) is 0 Å². The van der Waals surface area contributed by atoms with E-state index in [1.807, 2.05) is 19.9 Å². The van der Waals surface area contributed by atoms with Crippen molar-refractivity contribution in [1.29, 1.82) is 0 Å². The van der Waals surface area contributed by atoms with Crippen LogP contribution in [-0.2, 0) is 14.2 Å². The third kappa shape index (κ3) is 6.87. The fraction of sp³-hybridized carbons (Fsp3) is 0.882. The summed E-state index contributed by atoms with van der Waals surface area (Å²) in [4.78, 5) is 0. The topological polar surface area (TPSA) is 27.7 Å². The quantitative estimate of drug-likeness (QED) is 0.273. The summed E-state index contributed by atoms with van der Waals surface area (Å²) in [5.41, 5.74) is 0. The maximum atomic E-state index is 5.74. The summed E-state index contributed by atoms with van der Waals surface area (Å²) in [6.07, 6.45) is 13.0. The van der Waals surface area contributed by atoms with Gasteiger partial charge < -0.3 is 14.2 Å². The summed E-state index contributed by atoms with van der Waals surface area (Å²) >= 11 is 0. The van der Waals surface area contributed by atoms with Gasteiger partial charge in [0.05, 0.1) is 5.92 Å². The SMILES string of the molecule is CC=CC(CCCCCCCC)C(OC)(OC)OCC. The van der Waals surface area contributed by atoms with Crippen LogP contribution in [0.3, 0.4) is 0 Å².